The maximum absolute atomic E-state index is 11.6. The molecule has 2 amide bonds. The van der Waals surface area contributed by atoms with Crippen molar-refractivity contribution in [3.63, 3.8) is 0 Å². The molecule has 0 aromatic rings. The van der Waals surface area contributed by atoms with Crippen LogP contribution in [0.5, 0.6) is 0 Å². The van der Waals surface area contributed by atoms with Gasteiger partial charge < -0.3 is 4.90 Å². The standard InChI is InChI=1S/C11H20N2O3/c1-9(14)13-6-4-10(5-7-13)8-11(15)12(2)16-3/h10H,4-8H2,1-3H3. The lowest BCUT2D eigenvalue weighted by Crippen LogP contribution is -2.38. The van der Waals surface area contributed by atoms with E-state index in [1.807, 2.05) is 4.90 Å². The number of hydrogen-bond acceptors (Lipinski definition) is 3. The Bertz CT molecular complexity index is 260. The Morgan fingerprint density at radius 3 is 2.38 bits per heavy atom. The van der Waals surface area contributed by atoms with E-state index >= 15 is 0 Å². The largest absolute Gasteiger partial charge is 0.343 e. The van der Waals surface area contributed by atoms with Crippen LogP contribution in [0.2, 0.25) is 0 Å². The van der Waals surface area contributed by atoms with E-state index in [4.69, 9.17) is 4.84 Å². The van der Waals surface area contributed by atoms with Gasteiger partial charge in [0.1, 0.15) is 0 Å². The number of carbonyl (C=O) groups excluding carboxylic acids is 2. The molecule has 0 N–H and O–H groups in total. The fourth-order valence-corrected chi connectivity index (χ4v) is 1.93. The summed E-state index contributed by atoms with van der Waals surface area (Å²) in [6.07, 6.45) is 2.32. The highest BCUT2D eigenvalue weighted by atomic mass is 16.7. The highest BCUT2D eigenvalue weighted by molar-refractivity contribution is 5.75. The summed E-state index contributed by atoms with van der Waals surface area (Å²) in [6.45, 7) is 3.12. The van der Waals surface area contributed by atoms with Gasteiger partial charge in [-0.1, -0.05) is 0 Å². The molecule has 5 nitrogen and oxygen atoms in total. The molecule has 1 fully saturated rings. The molecular formula is C11H20N2O3. The highest BCUT2D eigenvalue weighted by Crippen LogP contribution is 2.21. The zero-order chi connectivity index (χ0) is 12.1. The van der Waals surface area contributed by atoms with Crippen LogP contribution in [0.4, 0.5) is 0 Å². The molecule has 0 aliphatic carbocycles. The summed E-state index contributed by atoms with van der Waals surface area (Å²) in [5.41, 5.74) is 0. The molecular weight excluding hydrogens is 208 g/mol. The van der Waals surface area contributed by atoms with Crippen LogP contribution in [0, 0.1) is 5.92 Å². The van der Waals surface area contributed by atoms with Gasteiger partial charge in [-0.05, 0) is 18.8 Å². The molecule has 0 unspecified atom stereocenters. The van der Waals surface area contributed by atoms with Crippen molar-refractivity contribution in [2.24, 2.45) is 5.92 Å². The van der Waals surface area contributed by atoms with Crippen LogP contribution in [0.3, 0.4) is 0 Å². The van der Waals surface area contributed by atoms with Gasteiger partial charge in [-0.15, -0.1) is 0 Å². The van der Waals surface area contributed by atoms with Gasteiger partial charge in [-0.3, -0.25) is 14.4 Å². The third-order valence-corrected chi connectivity index (χ3v) is 3.15. The van der Waals surface area contributed by atoms with Gasteiger partial charge in [0.05, 0.1) is 7.11 Å². The van der Waals surface area contributed by atoms with Crippen molar-refractivity contribution in [2.75, 3.05) is 27.2 Å². The topological polar surface area (TPSA) is 49.9 Å². The first-order chi connectivity index (χ1) is 7.54. The van der Waals surface area contributed by atoms with Crippen LogP contribution in [-0.2, 0) is 14.4 Å². The minimum atomic E-state index is 0.00350. The molecule has 1 heterocycles. The smallest absolute Gasteiger partial charge is 0.246 e. The monoisotopic (exact) mass is 228 g/mol. The van der Waals surface area contributed by atoms with E-state index in [0.717, 1.165) is 25.9 Å². The minimum absolute atomic E-state index is 0.00350. The molecule has 0 radical (unpaired) electrons. The number of hydrogen-bond donors (Lipinski definition) is 0. The first kappa shape index (κ1) is 13.0. The van der Waals surface area contributed by atoms with E-state index in [1.165, 1.54) is 12.2 Å². The average molecular weight is 228 g/mol. The number of rotatable bonds is 3. The Morgan fingerprint density at radius 2 is 1.94 bits per heavy atom. The van der Waals surface area contributed by atoms with E-state index in [9.17, 15) is 9.59 Å². The first-order valence-corrected chi connectivity index (χ1v) is 5.60. The van der Waals surface area contributed by atoms with Gasteiger partial charge in [0.2, 0.25) is 11.8 Å². The number of carbonyl (C=O) groups is 2. The molecule has 1 rings (SSSR count). The quantitative estimate of drug-likeness (QED) is 0.667. The second-order valence-electron chi connectivity index (χ2n) is 4.23. The Kier molecular flexibility index (Phi) is 4.73. The van der Waals surface area contributed by atoms with Crippen molar-refractivity contribution in [2.45, 2.75) is 26.2 Å². The molecule has 1 saturated heterocycles. The highest BCUT2D eigenvalue weighted by Gasteiger charge is 2.23. The van der Waals surface area contributed by atoms with Crippen LogP contribution < -0.4 is 0 Å². The van der Waals surface area contributed by atoms with Gasteiger partial charge in [0.25, 0.3) is 0 Å². The van der Waals surface area contributed by atoms with E-state index in [-0.39, 0.29) is 11.8 Å². The second kappa shape index (κ2) is 5.84. The summed E-state index contributed by atoms with van der Waals surface area (Å²) in [4.78, 5) is 29.4. The van der Waals surface area contributed by atoms with E-state index in [0.29, 0.717) is 12.3 Å². The van der Waals surface area contributed by atoms with Gasteiger partial charge in [0, 0.05) is 33.5 Å². The molecule has 5 heteroatoms. The van der Waals surface area contributed by atoms with Crippen LogP contribution in [0.15, 0.2) is 0 Å². The molecule has 0 spiro atoms. The Morgan fingerprint density at radius 1 is 1.38 bits per heavy atom. The SMILES string of the molecule is CON(C)C(=O)CC1CCN(C(C)=O)CC1. The molecule has 0 atom stereocenters. The van der Waals surface area contributed by atoms with Crippen molar-refractivity contribution in [1.29, 1.82) is 0 Å². The fraction of sp³-hybridized carbons (Fsp3) is 0.818. The maximum atomic E-state index is 11.6. The Labute approximate surface area is 96.3 Å². The van der Waals surface area contributed by atoms with Crippen molar-refractivity contribution in [1.82, 2.24) is 9.96 Å². The minimum Gasteiger partial charge on any atom is -0.343 e. The third-order valence-electron chi connectivity index (χ3n) is 3.15. The molecule has 1 aliphatic heterocycles. The number of likely N-dealkylation sites (tertiary alicyclic amines) is 1. The molecule has 16 heavy (non-hydrogen) atoms. The molecule has 0 saturated carbocycles. The molecule has 0 aromatic carbocycles. The molecule has 92 valence electrons. The van der Waals surface area contributed by atoms with Gasteiger partial charge in [-0.2, -0.15) is 0 Å². The van der Waals surface area contributed by atoms with Crippen LogP contribution in [-0.4, -0.2) is 49.0 Å². The maximum Gasteiger partial charge on any atom is 0.246 e. The summed E-state index contributed by atoms with van der Waals surface area (Å²) in [5, 5.41) is 1.26. The van der Waals surface area contributed by atoms with Crippen molar-refractivity contribution in [3.8, 4) is 0 Å². The van der Waals surface area contributed by atoms with Crippen LogP contribution in [0.25, 0.3) is 0 Å². The van der Waals surface area contributed by atoms with E-state index in [1.54, 1.807) is 14.0 Å². The number of amides is 2. The zero-order valence-electron chi connectivity index (χ0n) is 10.2. The summed E-state index contributed by atoms with van der Waals surface area (Å²) < 4.78 is 0. The third kappa shape index (κ3) is 3.48. The van der Waals surface area contributed by atoms with Crippen LogP contribution in [0.1, 0.15) is 26.2 Å². The summed E-state index contributed by atoms with van der Waals surface area (Å²) in [7, 11) is 3.10. The van der Waals surface area contributed by atoms with Gasteiger partial charge >= 0.3 is 0 Å². The molecule has 1 aliphatic rings. The average Bonchev–Trinajstić information content (AvgIpc) is 2.28. The zero-order valence-corrected chi connectivity index (χ0v) is 10.2. The fourth-order valence-electron chi connectivity index (χ4n) is 1.93. The first-order valence-electron chi connectivity index (χ1n) is 5.60. The summed E-state index contributed by atoms with van der Waals surface area (Å²) >= 11 is 0. The predicted molar refractivity (Wildman–Crippen MR) is 59.4 cm³/mol. The predicted octanol–water partition coefficient (Wildman–Crippen LogP) is 0.655. The second-order valence-corrected chi connectivity index (χ2v) is 4.23. The lowest BCUT2D eigenvalue weighted by atomic mass is 9.93. The molecule has 0 bridgehead atoms. The number of hydroxylamine groups is 2. The number of piperidine rings is 1. The Hall–Kier alpha value is -1.10. The molecule has 0 aromatic heterocycles. The van der Waals surface area contributed by atoms with Crippen molar-refractivity contribution >= 4 is 11.8 Å². The number of nitrogens with zero attached hydrogens (tertiary/aromatic N) is 2. The lowest BCUT2D eigenvalue weighted by Gasteiger charge is -2.31. The van der Waals surface area contributed by atoms with Gasteiger partial charge in [-0.25, -0.2) is 5.06 Å². The van der Waals surface area contributed by atoms with E-state index in [2.05, 4.69) is 0 Å². The normalized spacial score (nSPS) is 17.3. The lowest BCUT2D eigenvalue weighted by molar-refractivity contribution is -0.170. The Balaban J connectivity index is 2.32. The van der Waals surface area contributed by atoms with E-state index < -0.39 is 0 Å². The summed E-state index contributed by atoms with van der Waals surface area (Å²) in [6, 6.07) is 0. The van der Waals surface area contributed by atoms with Crippen LogP contribution >= 0.6 is 0 Å². The van der Waals surface area contributed by atoms with Crippen molar-refractivity contribution < 1.29 is 14.4 Å². The summed E-state index contributed by atoms with van der Waals surface area (Å²) in [5.74, 6) is 0.503. The van der Waals surface area contributed by atoms with Crippen molar-refractivity contribution in [3.05, 3.63) is 0 Å². The van der Waals surface area contributed by atoms with Gasteiger partial charge in [0.15, 0.2) is 0 Å².